The Bertz CT molecular complexity index is 287. The van der Waals surface area contributed by atoms with Crippen LogP contribution in [0.3, 0.4) is 0 Å². The van der Waals surface area contributed by atoms with Crippen LogP contribution in [0.1, 0.15) is 96.8 Å². The number of methoxy groups -OCH3 is 1. The predicted molar refractivity (Wildman–Crippen MR) is 99.4 cm³/mol. The van der Waals surface area contributed by atoms with Gasteiger partial charge in [-0.05, 0) is 12.8 Å². The van der Waals surface area contributed by atoms with E-state index < -0.39 is 0 Å². The fraction of sp³-hybridized carbons (Fsp3) is 0.842. The van der Waals surface area contributed by atoms with Gasteiger partial charge in [0.05, 0.1) is 12.0 Å². The molecular weight excluding hydrogens is 292 g/mol. The summed E-state index contributed by atoms with van der Waals surface area (Å²) in [5.41, 5.74) is 0. The van der Waals surface area contributed by atoms with Crippen LogP contribution in [-0.2, 0) is 9.53 Å². The highest BCUT2D eigenvalue weighted by Gasteiger charge is 2.02. The SMILES string of the molecule is CCCCCCCCCCCCCCCC=C(S)C(=O)OC. The van der Waals surface area contributed by atoms with Crippen molar-refractivity contribution in [3.8, 4) is 0 Å². The average molecular weight is 329 g/mol. The van der Waals surface area contributed by atoms with Crippen molar-refractivity contribution in [1.82, 2.24) is 0 Å². The van der Waals surface area contributed by atoms with Crippen LogP contribution < -0.4 is 0 Å². The largest absolute Gasteiger partial charge is 0.465 e. The Morgan fingerprint density at radius 2 is 1.23 bits per heavy atom. The normalized spacial score (nSPS) is 11.7. The molecule has 0 bridgehead atoms. The Kier molecular flexibility index (Phi) is 16.6. The summed E-state index contributed by atoms with van der Waals surface area (Å²) in [4.78, 5) is 11.5. The maximum absolute atomic E-state index is 11.1. The molecule has 0 spiro atoms. The minimum atomic E-state index is -0.335. The lowest BCUT2D eigenvalue weighted by Crippen LogP contribution is -1.99. The molecule has 3 heteroatoms. The number of unbranched alkanes of at least 4 members (excludes halogenated alkanes) is 13. The summed E-state index contributed by atoms with van der Waals surface area (Å²) in [7, 11) is 1.39. The third-order valence-electron chi connectivity index (χ3n) is 4.04. The van der Waals surface area contributed by atoms with E-state index in [9.17, 15) is 4.79 Å². The maximum atomic E-state index is 11.1. The van der Waals surface area contributed by atoms with Gasteiger partial charge in [0.25, 0.3) is 0 Å². The van der Waals surface area contributed by atoms with Crippen LogP contribution in [0.15, 0.2) is 11.0 Å². The molecule has 0 fully saturated rings. The van der Waals surface area contributed by atoms with E-state index >= 15 is 0 Å². The number of hydrogen-bond donors (Lipinski definition) is 1. The van der Waals surface area contributed by atoms with E-state index in [1.165, 1.54) is 84.2 Å². The van der Waals surface area contributed by atoms with Gasteiger partial charge in [-0.1, -0.05) is 90.0 Å². The summed E-state index contributed by atoms with van der Waals surface area (Å²) in [6.45, 7) is 2.27. The first-order valence-corrected chi connectivity index (χ1v) is 9.64. The van der Waals surface area contributed by atoms with Crippen molar-refractivity contribution in [3.63, 3.8) is 0 Å². The van der Waals surface area contributed by atoms with Crippen molar-refractivity contribution >= 4 is 18.6 Å². The summed E-state index contributed by atoms with van der Waals surface area (Å²) in [6.07, 6.45) is 20.5. The molecule has 0 aromatic rings. The minimum Gasteiger partial charge on any atom is -0.465 e. The van der Waals surface area contributed by atoms with Crippen LogP contribution in [0.25, 0.3) is 0 Å². The molecule has 22 heavy (non-hydrogen) atoms. The van der Waals surface area contributed by atoms with Gasteiger partial charge in [0.2, 0.25) is 0 Å². The quantitative estimate of drug-likeness (QED) is 0.162. The molecule has 0 amide bonds. The van der Waals surface area contributed by atoms with E-state index in [0.717, 1.165) is 12.8 Å². The maximum Gasteiger partial charge on any atom is 0.343 e. The fourth-order valence-electron chi connectivity index (χ4n) is 2.59. The number of carbonyl (C=O) groups excluding carboxylic acids is 1. The van der Waals surface area contributed by atoms with Gasteiger partial charge in [-0.15, -0.1) is 12.6 Å². The molecule has 0 N–H and O–H groups in total. The van der Waals surface area contributed by atoms with Crippen molar-refractivity contribution in [2.75, 3.05) is 7.11 Å². The average Bonchev–Trinajstić information content (AvgIpc) is 2.54. The van der Waals surface area contributed by atoms with Crippen molar-refractivity contribution < 1.29 is 9.53 Å². The molecule has 0 aliphatic heterocycles. The zero-order valence-corrected chi connectivity index (χ0v) is 15.6. The zero-order chi connectivity index (χ0) is 16.5. The number of esters is 1. The van der Waals surface area contributed by atoms with Gasteiger partial charge in [-0.2, -0.15) is 0 Å². The van der Waals surface area contributed by atoms with Crippen molar-refractivity contribution in [3.05, 3.63) is 11.0 Å². The van der Waals surface area contributed by atoms with E-state index in [-0.39, 0.29) is 5.97 Å². The molecule has 0 saturated carbocycles. The summed E-state index contributed by atoms with van der Waals surface area (Å²) in [5.74, 6) is -0.335. The van der Waals surface area contributed by atoms with Crippen LogP contribution in [0.2, 0.25) is 0 Å². The highest BCUT2D eigenvalue weighted by atomic mass is 32.1. The number of hydrogen-bond acceptors (Lipinski definition) is 3. The number of allylic oxidation sites excluding steroid dienone is 1. The predicted octanol–water partition coefficient (Wildman–Crippen LogP) is 6.45. The molecule has 0 aromatic heterocycles. The van der Waals surface area contributed by atoms with E-state index in [0.29, 0.717) is 4.91 Å². The van der Waals surface area contributed by atoms with Crippen molar-refractivity contribution in [2.45, 2.75) is 96.8 Å². The number of ether oxygens (including phenoxy) is 1. The monoisotopic (exact) mass is 328 g/mol. The summed E-state index contributed by atoms with van der Waals surface area (Å²) < 4.78 is 4.60. The Labute approximate surface area is 143 Å². The fourth-order valence-corrected chi connectivity index (χ4v) is 2.81. The summed E-state index contributed by atoms with van der Waals surface area (Å²) in [6, 6.07) is 0. The van der Waals surface area contributed by atoms with E-state index in [4.69, 9.17) is 0 Å². The number of rotatable bonds is 15. The lowest BCUT2D eigenvalue weighted by molar-refractivity contribution is -0.135. The molecule has 130 valence electrons. The molecule has 0 aliphatic carbocycles. The number of thiol groups is 1. The molecule has 0 radical (unpaired) electrons. The molecule has 0 rings (SSSR count). The van der Waals surface area contributed by atoms with Gasteiger partial charge in [-0.25, -0.2) is 4.79 Å². The Balaban J connectivity index is 3.19. The molecule has 0 atom stereocenters. The van der Waals surface area contributed by atoms with Crippen molar-refractivity contribution in [1.29, 1.82) is 0 Å². The topological polar surface area (TPSA) is 26.3 Å². The van der Waals surface area contributed by atoms with Gasteiger partial charge in [0.1, 0.15) is 0 Å². The highest BCUT2D eigenvalue weighted by Crippen LogP contribution is 2.13. The van der Waals surface area contributed by atoms with E-state index in [1.807, 2.05) is 6.08 Å². The van der Waals surface area contributed by atoms with Crippen LogP contribution >= 0.6 is 12.6 Å². The first kappa shape index (κ1) is 21.6. The molecule has 0 heterocycles. The smallest absolute Gasteiger partial charge is 0.343 e. The standard InChI is InChI=1S/C19H36O2S/c1-3-4-5-6-7-8-9-10-11-12-13-14-15-16-17-18(22)19(20)21-2/h17,22H,3-16H2,1-2H3. The summed E-state index contributed by atoms with van der Waals surface area (Å²) in [5, 5.41) is 0. The summed E-state index contributed by atoms with van der Waals surface area (Å²) >= 11 is 4.11. The second kappa shape index (κ2) is 16.9. The van der Waals surface area contributed by atoms with E-state index in [2.05, 4.69) is 24.3 Å². The van der Waals surface area contributed by atoms with Gasteiger partial charge in [0, 0.05) is 0 Å². The highest BCUT2D eigenvalue weighted by molar-refractivity contribution is 7.85. The van der Waals surface area contributed by atoms with Crippen LogP contribution in [0, 0.1) is 0 Å². The van der Waals surface area contributed by atoms with Crippen LogP contribution in [0.5, 0.6) is 0 Å². The zero-order valence-electron chi connectivity index (χ0n) is 14.7. The molecular formula is C19H36O2S. The Morgan fingerprint density at radius 1 is 0.818 bits per heavy atom. The van der Waals surface area contributed by atoms with E-state index in [1.54, 1.807) is 0 Å². The molecule has 0 aromatic carbocycles. The molecule has 0 aliphatic rings. The van der Waals surface area contributed by atoms with Crippen LogP contribution in [0.4, 0.5) is 0 Å². The minimum absolute atomic E-state index is 0.335. The van der Waals surface area contributed by atoms with Gasteiger partial charge in [0.15, 0.2) is 0 Å². The third-order valence-corrected chi connectivity index (χ3v) is 4.41. The Morgan fingerprint density at radius 3 is 1.64 bits per heavy atom. The lowest BCUT2D eigenvalue weighted by atomic mass is 10.0. The van der Waals surface area contributed by atoms with Gasteiger partial charge < -0.3 is 4.74 Å². The number of carbonyl (C=O) groups is 1. The molecule has 0 saturated heterocycles. The van der Waals surface area contributed by atoms with Crippen molar-refractivity contribution in [2.24, 2.45) is 0 Å². The molecule has 2 nitrogen and oxygen atoms in total. The van der Waals surface area contributed by atoms with Crippen LogP contribution in [-0.4, -0.2) is 13.1 Å². The second-order valence-corrected chi connectivity index (χ2v) is 6.59. The second-order valence-electron chi connectivity index (χ2n) is 6.11. The third kappa shape index (κ3) is 14.5. The van der Waals surface area contributed by atoms with Gasteiger partial charge >= 0.3 is 5.97 Å². The Hall–Kier alpha value is -0.440. The first-order valence-electron chi connectivity index (χ1n) is 9.19. The lowest BCUT2D eigenvalue weighted by Gasteiger charge is -2.02. The van der Waals surface area contributed by atoms with Gasteiger partial charge in [-0.3, -0.25) is 0 Å². The first-order chi connectivity index (χ1) is 10.7. The molecule has 0 unspecified atom stereocenters.